The van der Waals surface area contributed by atoms with Crippen LogP contribution in [0.1, 0.15) is 105 Å². The van der Waals surface area contributed by atoms with Crippen LogP contribution in [0.3, 0.4) is 0 Å². The van der Waals surface area contributed by atoms with Gasteiger partial charge in [0.05, 0.1) is 33.1 Å². The molecular weight excluding hydrogens is 917 g/mol. The van der Waals surface area contributed by atoms with Crippen molar-refractivity contribution >= 4 is 119 Å². The summed E-state index contributed by atoms with van der Waals surface area (Å²) in [5, 5.41) is 20.6. The molecule has 4 aromatic heterocycles. The van der Waals surface area contributed by atoms with Gasteiger partial charge >= 0.3 is 0 Å². The lowest BCUT2D eigenvalue weighted by molar-refractivity contribution is 0.590. The zero-order valence-corrected chi connectivity index (χ0v) is 46.1. The molecule has 0 bridgehead atoms. The average molecular weight is 981 g/mol. The minimum atomic E-state index is -0.0516. The van der Waals surface area contributed by atoms with E-state index in [4.69, 9.17) is 0 Å². The minimum absolute atomic E-state index is 0.0195. The largest absolute Gasteiger partial charge is 0.308 e. The van der Waals surface area contributed by atoms with E-state index < -0.39 is 0 Å². The first-order chi connectivity index (χ1) is 36.2. The van der Waals surface area contributed by atoms with Gasteiger partial charge in [0.25, 0.3) is 0 Å². The summed E-state index contributed by atoms with van der Waals surface area (Å²) in [7, 11) is 0. The lowest BCUT2D eigenvalue weighted by atomic mass is 9.82. The number of hydrogen-bond acceptors (Lipinski definition) is 0. The third-order valence-electron chi connectivity index (χ3n) is 17.7. The van der Waals surface area contributed by atoms with Gasteiger partial charge in [0.1, 0.15) is 0 Å². The van der Waals surface area contributed by atoms with E-state index >= 15 is 0 Å². The number of nitrogens with zero attached hydrogens (tertiary/aromatic N) is 2. The SMILES string of the molecule is CC(C)(C)c1ccc2c(c1)c1cc(C(C)(C)C)cc3c4cc5c(-c6ccc7ccccc7c6)c6cc7c(cc6c(-c6ccc8ccccc8c6)c5cc4n2c13)c1cc(C(C)(C)C)cc2c3cc(C(C)(C)C)ccc3n7c21. The summed E-state index contributed by atoms with van der Waals surface area (Å²) in [6.07, 6.45) is 0. The van der Waals surface area contributed by atoms with Crippen LogP contribution in [0.25, 0.3) is 142 Å². The van der Waals surface area contributed by atoms with Gasteiger partial charge in [0.2, 0.25) is 0 Å². The molecule has 76 heavy (non-hydrogen) atoms. The highest BCUT2D eigenvalue weighted by Crippen LogP contribution is 2.52. The zero-order valence-electron chi connectivity index (χ0n) is 46.1. The Bertz CT molecular complexity index is 4680. The fraction of sp³-hybridized carbons (Fsp3) is 0.216. The van der Waals surface area contributed by atoms with Crippen LogP contribution in [0.5, 0.6) is 0 Å². The van der Waals surface area contributed by atoms with E-state index in [1.807, 2.05) is 0 Å². The third-order valence-corrected chi connectivity index (χ3v) is 17.7. The van der Waals surface area contributed by atoms with Gasteiger partial charge in [-0.05, 0) is 194 Å². The van der Waals surface area contributed by atoms with E-state index in [9.17, 15) is 0 Å². The molecule has 0 aliphatic rings. The third kappa shape index (κ3) is 6.34. The van der Waals surface area contributed by atoms with Crippen molar-refractivity contribution in [3.05, 3.63) is 192 Å². The van der Waals surface area contributed by atoms with Crippen molar-refractivity contribution in [3.63, 3.8) is 0 Å². The summed E-state index contributed by atoms with van der Waals surface area (Å²) in [6, 6.07) is 66.9. The van der Waals surface area contributed by atoms with E-state index in [1.165, 1.54) is 164 Å². The fourth-order valence-electron chi connectivity index (χ4n) is 13.4. The van der Waals surface area contributed by atoms with Gasteiger partial charge in [0.15, 0.2) is 0 Å². The first kappa shape index (κ1) is 45.5. The van der Waals surface area contributed by atoms with Crippen molar-refractivity contribution < 1.29 is 0 Å². The summed E-state index contributed by atoms with van der Waals surface area (Å²) in [5.74, 6) is 0. The number of fused-ring (bicyclic) bond motifs is 16. The Kier molecular flexibility index (Phi) is 8.92. The van der Waals surface area contributed by atoms with Crippen molar-refractivity contribution in [2.75, 3.05) is 0 Å². The Morgan fingerprint density at radius 3 is 0.908 bits per heavy atom. The predicted molar refractivity (Wildman–Crippen MR) is 331 cm³/mol. The molecule has 0 aliphatic carbocycles. The number of benzene rings is 11. The highest BCUT2D eigenvalue weighted by Gasteiger charge is 2.29. The van der Waals surface area contributed by atoms with Gasteiger partial charge in [0, 0.05) is 43.1 Å². The van der Waals surface area contributed by atoms with Crippen LogP contribution >= 0.6 is 0 Å². The molecular formula is C74H64N2. The van der Waals surface area contributed by atoms with Crippen LogP contribution in [0.4, 0.5) is 0 Å². The molecule has 0 amide bonds. The molecule has 0 N–H and O–H groups in total. The minimum Gasteiger partial charge on any atom is -0.308 e. The molecule has 0 atom stereocenters. The van der Waals surface area contributed by atoms with Gasteiger partial charge in [-0.1, -0.05) is 168 Å². The van der Waals surface area contributed by atoms with Crippen molar-refractivity contribution in [2.24, 2.45) is 0 Å². The number of rotatable bonds is 2. The van der Waals surface area contributed by atoms with E-state index in [0.717, 1.165) is 0 Å². The van der Waals surface area contributed by atoms with Gasteiger partial charge in [-0.2, -0.15) is 0 Å². The van der Waals surface area contributed by atoms with Crippen molar-refractivity contribution in [1.82, 2.24) is 8.80 Å². The zero-order chi connectivity index (χ0) is 52.3. The Balaban J connectivity index is 1.19. The molecule has 4 heterocycles. The quantitative estimate of drug-likeness (QED) is 0.153. The molecule has 2 heteroatoms. The molecule has 11 aromatic carbocycles. The Labute approximate surface area is 444 Å². The molecule has 0 spiro atoms. The highest BCUT2D eigenvalue weighted by atomic mass is 14.9. The lowest BCUT2D eigenvalue weighted by Gasteiger charge is -2.21. The average Bonchev–Trinajstić information content (AvgIpc) is 4.18. The Hall–Kier alpha value is -7.94. The van der Waals surface area contributed by atoms with Crippen molar-refractivity contribution in [2.45, 2.75) is 105 Å². The van der Waals surface area contributed by atoms with Gasteiger partial charge in [-0.25, -0.2) is 0 Å². The number of hydrogen-bond donors (Lipinski definition) is 0. The van der Waals surface area contributed by atoms with E-state index in [0.29, 0.717) is 0 Å². The fourth-order valence-corrected chi connectivity index (χ4v) is 13.4. The molecule has 0 radical (unpaired) electrons. The maximum atomic E-state index is 2.61. The van der Waals surface area contributed by atoms with E-state index in [-0.39, 0.29) is 21.7 Å². The Morgan fingerprint density at radius 1 is 0.237 bits per heavy atom. The first-order valence-corrected chi connectivity index (χ1v) is 27.6. The smallest absolute Gasteiger partial charge is 0.0620 e. The maximum absolute atomic E-state index is 2.61. The summed E-state index contributed by atoms with van der Waals surface area (Å²) < 4.78 is 5.22. The standard InChI is InChI=1S/C74H64N2/c1-71(2,3)47-25-27-63-51(31-47)59-33-49(73(7,8)9)35-61-53-37-55-57(39-65(53)75(63)69(59)61)67(45-23-21-41-17-13-15-19-43(41)29-45)56-38-54-62-36-50(74(10,11)12)34-60-52-32-48(72(4,5)6)26-28-64(52)76(70(60)62)66(54)40-58(56)68(55)46-24-22-42-18-14-16-20-44(42)30-46/h13-40H,1-12H3. The second kappa shape index (κ2) is 14.9. The normalized spacial score (nSPS) is 13.5. The van der Waals surface area contributed by atoms with Crippen LogP contribution in [0.2, 0.25) is 0 Å². The van der Waals surface area contributed by atoms with Gasteiger partial charge in [-0.15, -0.1) is 0 Å². The van der Waals surface area contributed by atoms with Crippen LogP contribution < -0.4 is 0 Å². The maximum Gasteiger partial charge on any atom is 0.0620 e. The van der Waals surface area contributed by atoms with Gasteiger partial charge < -0.3 is 8.80 Å². The highest BCUT2D eigenvalue weighted by molar-refractivity contribution is 6.32. The van der Waals surface area contributed by atoms with Gasteiger partial charge in [-0.3, -0.25) is 0 Å². The predicted octanol–water partition coefficient (Wildman–Crippen LogP) is 21.1. The molecule has 370 valence electrons. The summed E-state index contributed by atoms with van der Waals surface area (Å²) >= 11 is 0. The van der Waals surface area contributed by atoms with Crippen LogP contribution in [-0.4, -0.2) is 8.80 Å². The molecule has 15 rings (SSSR count). The molecule has 2 nitrogen and oxygen atoms in total. The second-order valence-corrected chi connectivity index (χ2v) is 26.7. The van der Waals surface area contributed by atoms with Crippen molar-refractivity contribution in [3.8, 4) is 22.3 Å². The second-order valence-electron chi connectivity index (χ2n) is 26.7. The first-order valence-electron chi connectivity index (χ1n) is 27.6. The molecule has 0 unspecified atom stereocenters. The molecule has 15 aromatic rings. The van der Waals surface area contributed by atoms with Crippen molar-refractivity contribution in [1.29, 1.82) is 0 Å². The monoisotopic (exact) mass is 981 g/mol. The summed E-state index contributed by atoms with van der Waals surface area (Å²) in [5.41, 5.74) is 18.0. The molecule has 0 aliphatic heterocycles. The number of aromatic nitrogens is 2. The molecule has 0 fully saturated rings. The topological polar surface area (TPSA) is 8.82 Å². The van der Waals surface area contributed by atoms with Crippen LogP contribution in [0.15, 0.2) is 170 Å². The van der Waals surface area contributed by atoms with E-state index in [1.54, 1.807) is 0 Å². The van der Waals surface area contributed by atoms with Crippen LogP contribution in [0, 0.1) is 0 Å². The molecule has 0 saturated heterocycles. The summed E-state index contributed by atoms with van der Waals surface area (Å²) in [6.45, 7) is 28.2. The lowest BCUT2D eigenvalue weighted by Crippen LogP contribution is -2.11. The van der Waals surface area contributed by atoms with E-state index in [2.05, 4.69) is 262 Å². The van der Waals surface area contributed by atoms with Crippen LogP contribution in [-0.2, 0) is 21.7 Å². The Morgan fingerprint density at radius 2 is 0.553 bits per heavy atom. The summed E-state index contributed by atoms with van der Waals surface area (Å²) in [4.78, 5) is 0. The molecule has 0 saturated carbocycles.